The Labute approximate surface area is 125 Å². The minimum Gasteiger partial charge on any atom is -0.374 e. The molecular formula is C16H23N3O2. The van der Waals surface area contributed by atoms with Crippen LogP contribution in [0.1, 0.15) is 60.3 Å². The molecule has 2 atom stereocenters. The number of aromatic amines is 1. The molecule has 0 aromatic carbocycles. The second-order valence-electron chi connectivity index (χ2n) is 6.50. The molecule has 2 fully saturated rings. The number of carbonyl (C=O) groups is 1. The maximum absolute atomic E-state index is 13.0. The van der Waals surface area contributed by atoms with Gasteiger partial charge < -0.3 is 9.64 Å². The van der Waals surface area contributed by atoms with Crippen molar-refractivity contribution in [3.63, 3.8) is 0 Å². The summed E-state index contributed by atoms with van der Waals surface area (Å²) in [5.74, 6) is 0.120. The number of aromatic nitrogens is 2. The van der Waals surface area contributed by atoms with Crippen LogP contribution in [0.3, 0.4) is 0 Å². The van der Waals surface area contributed by atoms with E-state index in [0.29, 0.717) is 18.8 Å². The van der Waals surface area contributed by atoms with E-state index in [4.69, 9.17) is 4.74 Å². The molecule has 5 nitrogen and oxygen atoms in total. The first-order valence-electron chi connectivity index (χ1n) is 8.33. The van der Waals surface area contributed by atoms with Gasteiger partial charge in [0.25, 0.3) is 5.91 Å². The van der Waals surface area contributed by atoms with Gasteiger partial charge in [0.1, 0.15) is 0 Å². The molecule has 2 heterocycles. The number of H-pyrrole nitrogens is 1. The van der Waals surface area contributed by atoms with Crippen molar-refractivity contribution in [1.82, 2.24) is 15.1 Å². The van der Waals surface area contributed by atoms with Crippen LogP contribution in [0.25, 0.3) is 0 Å². The first-order valence-corrected chi connectivity index (χ1v) is 8.33. The van der Waals surface area contributed by atoms with Crippen LogP contribution in [-0.2, 0) is 17.6 Å². The molecule has 0 spiro atoms. The van der Waals surface area contributed by atoms with Gasteiger partial charge in [-0.2, -0.15) is 5.10 Å². The maximum atomic E-state index is 13.0. The van der Waals surface area contributed by atoms with Crippen molar-refractivity contribution in [2.45, 2.75) is 63.5 Å². The zero-order valence-corrected chi connectivity index (χ0v) is 12.4. The normalized spacial score (nSPS) is 28.9. The SMILES string of the molecule is O=C(c1n[nH]c2c1CCCC2)N1CCOC2CCCCC21. The largest absolute Gasteiger partial charge is 0.374 e. The van der Waals surface area contributed by atoms with Gasteiger partial charge >= 0.3 is 0 Å². The number of hydrogen-bond acceptors (Lipinski definition) is 3. The van der Waals surface area contributed by atoms with Crippen molar-refractivity contribution in [2.24, 2.45) is 0 Å². The Morgan fingerprint density at radius 2 is 2.05 bits per heavy atom. The molecule has 21 heavy (non-hydrogen) atoms. The Morgan fingerprint density at radius 3 is 3.00 bits per heavy atom. The van der Waals surface area contributed by atoms with Gasteiger partial charge in [0.05, 0.1) is 18.8 Å². The Balaban J connectivity index is 1.60. The highest BCUT2D eigenvalue weighted by molar-refractivity contribution is 5.94. The summed E-state index contributed by atoms with van der Waals surface area (Å²) in [4.78, 5) is 15.0. The van der Waals surface area contributed by atoms with E-state index in [1.807, 2.05) is 4.90 Å². The van der Waals surface area contributed by atoms with Crippen LogP contribution < -0.4 is 0 Å². The van der Waals surface area contributed by atoms with Gasteiger partial charge in [0, 0.05) is 17.8 Å². The van der Waals surface area contributed by atoms with E-state index in [9.17, 15) is 4.79 Å². The molecule has 4 rings (SSSR count). The van der Waals surface area contributed by atoms with E-state index >= 15 is 0 Å². The summed E-state index contributed by atoms with van der Waals surface area (Å²) in [5, 5.41) is 7.44. The third kappa shape index (κ3) is 2.27. The third-order valence-electron chi connectivity index (χ3n) is 5.25. The lowest BCUT2D eigenvalue weighted by Gasteiger charge is -2.43. The Morgan fingerprint density at radius 1 is 1.19 bits per heavy atom. The Kier molecular flexibility index (Phi) is 3.45. The van der Waals surface area contributed by atoms with Gasteiger partial charge in [-0.1, -0.05) is 12.8 Å². The van der Waals surface area contributed by atoms with Crippen molar-refractivity contribution >= 4 is 5.91 Å². The second-order valence-corrected chi connectivity index (χ2v) is 6.50. The van der Waals surface area contributed by atoms with E-state index in [1.54, 1.807) is 0 Å². The summed E-state index contributed by atoms with van der Waals surface area (Å²) in [5.41, 5.74) is 3.03. The smallest absolute Gasteiger partial charge is 0.275 e. The van der Waals surface area contributed by atoms with E-state index < -0.39 is 0 Å². The quantitative estimate of drug-likeness (QED) is 0.861. The first-order chi connectivity index (χ1) is 10.3. The monoisotopic (exact) mass is 289 g/mol. The lowest BCUT2D eigenvalue weighted by molar-refractivity contribution is -0.0754. The number of nitrogens with zero attached hydrogens (tertiary/aromatic N) is 2. The molecule has 3 aliphatic rings. The number of hydrogen-bond donors (Lipinski definition) is 1. The van der Waals surface area contributed by atoms with E-state index in [0.717, 1.165) is 25.7 Å². The number of aryl methyl sites for hydroxylation is 1. The van der Waals surface area contributed by atoms with Gasteiger partial charge in [-0.15, -0.1) is 0 Å². The number of amides is 1. The van der Waals surface area contributed by atoms with Crippen LogP contribution in [0.5, 0.6) is 0 Å². The minimum absolute atomic E-state index is 0.120. The molecule has 114 valence electrons. The fourth-order valence-corrected chi connectivity index (χ4v) is 4.14. The molecular weight excluding hydrogens is 266 g/mol. The van der Waals surface area contributed by atoms with Crippen molar-refractivity contribution in [3.05, 3.63) is 17.0 Å². The molecule has 1 aliphatic heterocycles. The number of nitrogens with one attached hydrogen (secondary N) is 1. The summed E-state index contributed by atoms with van der Waals surface area (Å²) in [6.45, 7) is 1.38. The molecule has 1 aromatic rings. The molecule has 2 aliphatic carbocycles. The number of carbonyl (C=O) groups excluding carboxylic acids is 1. The summed E-state index contributed by atoms with van der Waals surface area (Å²) >= 11 is 0. The van der Waals surface area contributed by atoms with Crippen LogP contribution in [0.4, 0.5) is 0 Å². The Hall–Kier alpha value is -1.36. The molecule has 0 radical (unpaired) electrons. The highest BCUT2D eigenvalue weighted by Crippen LogP contribution is 2.30. The molecule has 1 N–H and O–H groups in total. The maximum Gasteiger partial charge on any atom is 0.275 e. The average molecular weight is 289 g/mol. The van der Waals surface area contributed by atoms with Gasteiger partial charge in [-0.3, -0.25) is 9.89 Å². The van der Waals surface area contributed by atoms with Crippen LogP contribution in [0.2, 0.25) is 0 Å². The van der Waals surface area contributed by atoms with Gasteiger partial charge in [0.15, 0.2) is 5.69 Å². The molecule has 5 heteroatoms. The fraction of sp³-hybridized carbons (Fsp3) is 0.750. The molecule has 0 bridgehead atoms. The van der Waals surface area contributed by atoms with E-state index in [2.05, 4.69) is 10.2 Å². The molecule has 1 amide bonds. The minimum atomic E-state index is 0.120. The number of rotatable bonds is 1. The fourth-order valence-electron chi connectivity index (χ4n) is 4.14. The number of fused-ring (bicyclic) bond motifs is 2. The third-order valence-corrected chi connectivity index (χ3v) is 5.25. The number of ether oxygens (including phenoxy) is 1. The van der Waals surface area contributed by atoms with Crippen molar-refractivity contribution in [3.8, 4) is 0 Å². The molecule has 1 aromatic heterocycles. The lowest BCUT2D eigenvalue weighted by atomic mass is 9.89. The zero-order chi connectivity index (χ0) is 14.2. The summed E-state index contributed by atoms with van der Waals surface area (Å²) in [7, 11) is 0. The number of morpholine rings is 1. The predicted octanol–water partition coefficient (Wildman–Crippen LogP) is 2.07. The van der Waals surface area contributed by atoms with Crippen LogP contribution in [-0.4, -0.2) is 46.3 Å². The van der Waals surface area contributed by atoms with Gasteiger partial charge in [-0.05, 0) is 38.5 Å². The topological polar surface area (TPSA) is 58.2 Å². The van der Waals surface area contributed by atoms with Gasteiger partial charge in [0.2, 0.25) is 0 Å². The van der Waals surface area contributed by atoms with E-state index in [1.165, 1.54) is 36.9 Å². The molecule has 1 saturated heterocycles. The van der Waals surface area contributed by atoms with Gasteiger partial charge in [-0.25, -0.2) is 0 Å². The van der Waals surface area contributed by atoms with Crippen molar-refractivity contribution in [2.75, 3.05) is 13.2 Å². The zero-order valence-electron chi connectivity index (χ0n) is 12.4. The summed E-state index contributed by atoms with van der Waals surface area (Å²) in [6, 6.07) is 0.260. The lowest BCUT2D eigenvalue weighted by Crippen LogP contribution is -2.55. The molecule has 1 saturated carbocycles. The second kappa shape index (κ2) is 5.44. The first kappa shape index (κ1) is 13.3. The van der Waals surface area contributed by atoms with Crippen LogP contribution in [0, 0.1) is 0 Å². The Bertz CT molecular complexity index is 538. The van der Waals surface area contributed by atoms with E-state index in [-0.39, 0.29) is 18.1 Å². The van der Waals surface area contributed by atoms with Crippen molar-refractivity contribution in [1.29, 1.82) is 0 Å². The van der Waals surface area contributed by atoms with Crippen LogP contribution >= 0.6 is 0 Å². The highest BCUT2D eigenvalue weighted by atomic mass is 16.5. The molecule has 2 unspecified atom stereocenters. The predicted molar refractivity (Wildman–Crippen MR) is 78.3 cm³/mol. The summed E-state index contributed by atoms with van der Waals surface area (Å²) < 4.78 is 5.87. The summed E-state index contributed by atoms with van der Waals surface area (Å²) in [6.07, 6.45) is 9.22. The van der Waals surface area contributed by atoms with Crippen LogP contribution in [0.15, 0.2) is 0 Å². The van der Waals surface area contributed by atoms with Crippen molar-refractivity contribution < 1.29 is 9.53 Å². The average Bonchev–Trinajstić information content (AvgIpc) is 2.98. The standard InChI is InChI=1S/C16H23N3O2/c20-16(15-11-5-1-2-6-12(11)17-18-15)19-9-10-21-14-8-4-3-7-13(14)19/h13-14H,1-10H2,(H,17,18). The highest BCUT2D eigenvalue weighted by Gasteiger charge is 2.38.